The van der Waals surface area contributed by atoms with Gasteiger partial charge in [0.05, 0.1) is 0 Å². The fourth-order valence-corrected chi connectivity index (χ4v) is 2.68. The largest absolute Gasteiger partial charge is 0.368 e. The first-order chi connectivity index (χ1) is 10.5. The van der Waals surface area contributed by atoms with E-state index in [-0.39, 0.29) is 17.9 Å². The maximum Gasteiger partial charge on any atom is 0.249 e. The molecule has 0 aliphatic carbocycles. The van der Waals surface area contributed by atoms with Gasteiger partial charge in [-0.3, -0.25) is 9.59 Å². The number of hydrogen-bond donors (Lipinski definition) is 1. The first-order valence-corrected chi connectivity index (χ1v) is 7.80. The number of benzene rings is 1. The van der Waals surface area contributed by atoms with Crippen LogP contribution in [0.3, 0.4) is 0 Å². The molecule has 1 heterocycles. The lowest BCUT2D eigenvalue weighted by Crippen LogP contribution is -2.41. The van der Waals surface area contributed by atoms with Crippen molar-refractivity contribution < 1.29 is 14.3 Å². The third kappa shape index (κ3) is 4.21. The molecule has 0 saturated carbocycles. The van der Waals surface area contributed by atoms with Gasteiger partial charge < -0.3 is 15.0 Å². The van der Waals surface area contributed by atoms with E-state index < -0.39 is 0 Å². The molecule has 120 valence electrons. The molecule has 2 rings (SSSR count). The van der Waals surface area contributed by atoms with E-state index in [0.717, 1.165) is 24.1 Å². The summed E-state index contributed by atoms with van der Waals surface area (Å²) in [5.41, 5.74) is 1.73. The van der Waals surface area contributed by atoms with Crippen LogP contribution in [0, 0.1) is 6.92 Å². The Morgan fingerprint density at radius 3 is 2.86 bits per heavy atom. The molecule has 1 aromatic rings. The first-order valence-electron chi connectivity index (χ1n) is 7.42. The number of nitrogens with zero attached hydrogens (tertiary/aromatic N) is 1. The highest BCUT2D eigenvalue weighted by molar-refractivity contribution is 6.31. The van der Waals surface area contributed by atoms with Crippen LogP contribution in [-0.4, -0.2) is 37.6 Å². The quantitative estimate of drug-likeness (QED) is 0.904. The molecule has 1 aliphatic heterocycles. The van der Waals surface area contributed by atoms with E-state index >= 15 is 0 Å². The SMILES string of the molecule is CC(=O)N(CCNC(=O)C1CCCO1)c1cc(Cl)ccc1C. The first kappa shape index (κ1) is 16.8. The average molecular weight is 325 g/mol. The van der Waals surface area contributed by atoms with Gasteiger partial charge in [-0.1, -0.05) is 17.7 Å². The Hall–Kier alpha value is -1.59. The highest BCUT2D eigenvalue weighted by atomic mass is 35.5. The van der Waals surface area contributed by atoms with Crippen molar-refractivity contribution in [3.05, 3.63) is 28.8 Å². The molecule has 1 saturated heterocycles. The van der Waals surface area contributed by atoms with Crippen LogP contribution in [0.15, 0.2) is 18.2 Å². The van der Waals surface area contributed by atoms with Gasteiger partial charge >= 0.3 is 0 Å². The Morgan fingerprint density at radius 1 is 1.45 bits per heavy atom. The number of aryl methyl sites for hydroxylation is 1. The van der Waals surface area contributed by atoms with Crippen molar-refractivity contribution in [1.82, 2.24) is 5.32 Å². The maximum absolute atomic E-state index is 11.9. The summed E-state index contributed by atoms with van der Waals surface area (Å²) >= 11 is 6.01. The maximum atomic E-state index is 11.9. The standard InChI is InChI=1S/C16H21ClN2O3/c1-11-5-6-13(17)10-14(11)19(12(2)20)8-7-18-16(21)15-4-3-9-22-15/h5-6,10,15H,3-4,7-9H2,1-2H3,(H,18,21). The Kier molecular flexibility index (Phi) is 5.80. The van der Waals surface area contributed by atoms with Crippen molar-refractivity contribution >= 4 is 29.1 Å². The normalized spacial score (nSPS) is 17.3. The van der Waals surface area contributed by atoms with Crippen molar-refractivity contribution in [2.75, 3.05) is 24.6 Å². The molecule has 0 bridgehead atoms. The Morgan fingerprint density at radius 2 is 2.23 bits per heavy atom. The van der Waals surface area contributed by atoms with E-state index in [9.17, 15) is 9.59 Å². The lowest BCUT2D eigenvalue weighted by molar-refractivity contribution is -0.130. The van der Waals surface area contributed by atoms with E-state index in [2.05, 4.69) is 5.32 Å². The molecule has 22 heavy (non-hydrogen) atoms. The zero-order valence-electron chi connectivity index (χ0n) is 12.9. The van der Waals surface area contributed by atoms with Gasteiger partial charge in [0, 0.05) is 37.3 Å². The van der Waals surface area contributed by atoms with Crippen molar-refractivity contribution in [2.45, 2.75) is 32.8 Å². The fraction of sp³-hybridized carbons (Fsp3) is 0.500. The summed E-state index contributed by atoms with van der Waals surface area (Å²) in [7, 11) is 0. The highest BCUT2D eigenvalue weighted by Crippen LogP contribution is 2.24. The molecule has 1 N–H and O–H groups in total. The Bertz CT molecular complexity index is 556. The van der Waals surface area contributed by atoms with Crippen molar-refractivity contribution in [1.29, 1.82) is 0 Å². The summed E-state index contributed by atoms with van der Waals surface area (Å²) in [4.78, 5) is 25.4. The van der Waals surface area contributed by atoms with Gasteiger partial charge in [-0.2, -0.15) is 0 Å². The molecular weight excluding hydrogens is 304 g/mol. The molecule has 1 unspecified atom stereocenters. The fourth-order valence-electron chi connectivity index (χ4n) is 2.51. The number of nitrogens with one attached hydrogen (secondary N) is 1. The summed E-state index contributed by atoms with van der Waals surface area (Å²) in [6.45, 7) is 4.84. The Labute approximate surface area is 135 Å². The zero-order valence-corrected chi connectivity index (χ0v) is 13.7. The molecule has 0 spiro atoms. The molecule has 2 amide bonds. The molecular formula is C16H21ClN2O3. The van der Waals surface area contributed by atoms with Crippen molar-refractivity contribution in [3.8, 4) is 0 Å². The molecule has 6 heteroatoms. The number of amides is 2. The molecule has 1 atom stereocenters. The van der Waals surface area contributed by atoms with E-state index in [1.165, 1.54) is 6.92 Å². The number of carbonyl (C=O) groups excluding carboxylic acids is 2. The highest BCUT2D eigenvalue weighted by Gasteiger charge is 2.23. The van der Waals surface area contributed by atoms with E-state index in [1.54, 1.807) is 17.0 Å². The third-order valence-corrected chi connectivity index (χ3v) is 3.93. The average Bonchev–Trinajstić information content (AvgIpc) is 3.00. The van der Waals surface area contributed by atoms with Gasteiger partial charge in [0.15, 0.2) is 0 Å². The minimum absolute atomic E-state index is 0.0864. The minimum atomic E-state index is -0.348. The lowest BCUT2D eigenvalue weighted by Gasteiger charge is -2.24. The molecule has 5 nitrogen and oxygen atoms in total. The van der Waals surface area contributed by atoms with Crippen LogP contribution in [0.25, 0.3) is 0 Å². The summed E-state index contributed by atoms with van der Waals surface area (Å²) in [5.74, 6) is -0.194. The summed E-state index contributed by atoms with van der Waals surface area (Å²) in [6.07, 6.45) is 1.33. The van der Waals surface area contributed by atoms with Gasteiger partial charge in [0.1, 0.15) is 6.10 Å². The van der Waals surface area contributed by atoms with Crippen molar-refractivity contribution in [3.63, 3.8) is 0 Å². The second-order valence-corrected chi connectivity index (χ2v) is 5.83. The van der Waals surface area contributed by atoms with Gasteiger partial charge in [-0.15, -0.1) is 0 Å². The number of anilines is 1. The molecule has 1 fully saturated rings. The van der Waals surface area contributed by atoms with Crippen LogP contribution in [-0.2, 0) is 14.3 Å². The third-order valence-electron chi connectivity index (χ3n) is 3.70. The summed E-state index contributed by atoms with van der Waals surface area (Å²) < 4.78 is 5.33. The van der Waals surface area contributed by atoms with Gasteiger partial charge in [-0.25, -0.2) is 0 Å². The second-order valence-electron chi connectivity index (χ2n) is 5.39. The van der Waals surface area contributed by atoms with Crippen LogP contribution in [0.2, 0.25) is 5.02 Å². The van der Waals surface area contributed by atoms with E-state index in [1.807, 2.05) is 13.0 Å². The molecule has 1 aromatic carbocycles. The molecule has 0 radical (unpaired) electrons. The van der Waals surface area contributed by atoms with Crippen LogP contribution in [0.4, 0.5) is 5.69 Å². The predicted molar refractivity (Wildman–Crippen MR) is 86.2 cm³/mol. The molecule has 0 aromatic heterocycles. The van der Waals surface area contributed by atoms with Crippen LogP contribution in [0.5, 0.6) is 0 Å². The molecule has 1 aliphatic rings. The van der Waals surface area contributed by atoms with E-state index in [0.29, 0.717) is 24.7 Å². The number of hydrogen-bond acceptors (Lipinski definition) is 3. The van der Waals surface area contributed by atoms with Gasteiger partial charge in [-0.05, 0) is 37.5 Å². The number of ether oxygens (including phenoxy) is 1. The Balaban J connectivity index is 1.96. The zero-order chi connectivity index (χ0) is 16.1. The van der Waals surface area contributed by atoms with E-state index in [4.69, 9.17) is 16.3 Å². The number of carbonyl (C=O) groups is 2. The van der Waals surface area contributed by atoms with Crippen molar-refractivity contribution in [2.24, 2.45) is 0 Å². The number of halogens is 1. The number of rotatable bonds is 5. The minimum Gasteiger partial charge on any atom is -0.368 e. The predicted octanol–water partition coefficient (Wildman–Crippen LogP) is 2.30. The van der Waals surface area contributed by atoms with Gasteiger partial charge in [0.2, 0.25) is 11.8 Å². The summed E-state index contributed by atoms with van der Waals surface area (Å²) in [5, 5.41) is 3.40. The second kappa shape index (κ2) is 7.61. The van der Waals surface area contributed by atoms with Crippen LogP contribution in [0.1, 0.15) is 25.3 Å². The van der Waals surface area contributed by atoms with Crippen LogP contribution >= 0.6 is 11.6 Å². The topological polar surface area (TPSA) is 58.6 Å². The summed E-state index contributed by atoms with van der Waals surface area (Å²) in [6, 6.07) is 5.43. The lowest BCUT2D eigenvalue weighted by atomic mass is 10.1. The van der Waals surface area contributed by atoms with Crippen LogP contribution < -0.4 is 10.2 Å². The van der Waals surface area contributed by atoms with Gasteiger partial charge in [0.25, 0.3) is 0 Å². The monoisotopic (exact) mass is 324 g/mol. The smallest absolute Gasteiger partial charge is 0.249 e.